The molecule has 222 valence electrons. The summed E-state index contributed by atoms with van der Waals surface area (Å²) in [5, 5.41) is 0. The Labute approximate surface area is 240 Å². The van der Waals surface area contributed by atoms with Crippen LogP contribution in [-0.2, 0) is 0 Å². The standard InChI is InChI=1S/C36H70N2/c1-29(19-21-33-31(3)17-15-23-35(33,5)6)27-37(9,10)25-13-14-26-38(11,12)28-30(2)20-22-34-32(4)18-16-24-36(34,7)8/h29-30H,13-28H2,1-12H3/q+2. The Hall–Kier alpha value is -0.600. The van der Waals surface area contributed by atoms with Gasteiger partial charge in [0.2, 0.25) is 0 Å². The second-order valence-corrected chi connectivity index (χ2v) is 16.7. The van der Waals surface area contributed by atoms with E-state index >= 15 is 0 Å². The van der Waals surface area contributed by atoms with E-state index in [0.717, 1.165) is 11.8 Å². The highest BCUT2D eigenvalue weighted by Crippen LogP contribution is 2.43. The number of rotatable bonds is 15. The maximum atomic E-state index is 2.50. The van der Waals surface area contributed by atoms with Crippen molar-refractivity contribution in [1.29, 1.82) is 0 Å². The predicted molar refractivity (Wildman–Crippen MR) is 170 cm³/mol. The number of allylic oxidation sites excluding steroid dienone is 4. The van der Waals surface area contributed by atoms with Crippen LogP contribution in [0.15, 0.2) is 22.3 Å². The van der Waals surface area contributed by atoms with Crippen LogP contribution >= 0.6 is 0 Å². The van der Waals surface area contributed by atoms with Gasteiger partial charge >= 0.3 is 0 Å². The highest BCUT2D eigenvalue weighted by Gasteiger charge is 2.30. The molecule has 0 aromatic carbocycles. The third-order valence-electron chi connectivity index (χ3n) is 10.5. The number of quaternary nitrogens is 2. The molecule has 38 heavy (non-hydrogen) atoms. The fraction of sp³-hybridized carbons (Fsp3) is 0.889. The van der Waals surface area contributed by atoms with E-state index in [9.17, 15) is 0 Å². The van der Waals surface area contributed by atoms with Crippen LogP contribution in [0.2, 0.25) is 0 Å². The summed E-state index contributed by atoms with van der Waals surface area (Å²) in [7, 11) is 9.88. The van der Waals surface area contributed by atoms with Crippen molar-refractivity contribution in [1.82, 2.24) is 0 Å². The molecule has 0 amide bonds. The zero-order valence-electron chi connectivity index (χ0n) is 28.4. The average molecular weight is 531 g/mol. The van der Waals surface area contributed by atoms with Crippen molar-refractivity contribution >= 4 is 0 Å². The van der Waals surface area contributed by atoms with Gasteiger partial charge in [0, 0.05) is 24.7 Å². The highest BCUT2D eigenvalue weighted by atomic mass is 15.3. The molecule has 2 nitrogen and oxygen atoms in total. The Morgan fingerprint density at radius 2 is 0.974 bits per heavy atom. The third kappa shape index (κ3) is 10.8. The van der Waals surface area contributed by atoms with Crippen LogP contribution in [0.5, 0.6) is 0 Å². The molecule has 0 heterocycles. The predicted octanol–water partition coefficient (Wildman–Crippen LogP) is 9.81. The Bertz CT molecular complexity index is 739. The molecule has 0 bridgehead atoms. The largest absolute Gasteiger partial charge is 0.328 e. The molecule has 0 fully saturated rings. The van der Waals surface area contributed by atoms with Gasteiger partial charge in [0.1, 0.15) is 0 Å². The van der Waals surface area contributed by atoms with Gasteiger partial charge in [-0.1, -0.05) is 63.8 Å². The van der Waals surface area contributed by atoms with Crippen LogP contribution in [0, 0.1) is 22.7 Å². The number of unbranched alkanes of at least 4 members (excludes halogenated alkanes) is 1. The summed E-state index contributed by atoms with van der Waals surface area (Å²) in [6.07, 6.45) is 16.2. The molecule has 2 atom stereocenters. The average Bonchev–Trinajstić information content (AvgIpc) is 2.74. The minimum absolute atomic E-state index is 0.428. The van der Waals surface area contributed by atoms with Crippen LogP contribution in [0.3, 0.4) is 0 Å². The van der Waals surface area contributed by atoms with E-state index < -0.39 is 0 Å². The lowest BCUT2D eigenvalue weighted by Gasteiger charge is -2.37. The summed E-state index contributed by atoms with van der Waals surface area (Å²) in [6.45, 7) is 25.0. The van der Waals surface area contributed by atoms with Crippen molar-refractivity contribution in [3.63, 3.8) is 0 Å². The van der Waals surface area contributed by atoms with Gasteiger partial charge < -0.3 is 8.97 Å². The van der Waals surface area contributed by atoms with Crippen molar-refractivity contribution in [2.24, 2.45) is 22.7 Å². The second-order valence-electron chi connectivity index (χ2n) is 16.7. The fourth-order valence-electron chi connectivity index (χ4n) is 8.37. The Morgan fingerprint density at radius 3 is 1.29 bits per heavy atom. The van der Waals surface area contributed by atoms with E-state index in [-0.39, 0.29) is 0 Å². The molecule has 0 aromatic heterocycles. The van der Waals surface area contributed by atoms with E-state index in [0.29, 0.717) is 10.8 Å². The van der Waals surface area contributed by atoms with Gasteiger partial charge in [-0.3, -0.25) is 0 Å². The first-order valence-electron chi connectivity index (χ1n) is 16.5. The van der Waals surface area contributed by atoms with Gasteiger partial charge in [0.15, 0.2) is 0 Å². The van der Waals surface area contributed by atoms with Crippen molar-refractivity contribution < 1.29 is 8.97 Å². The van der Waals surface area contributed by atoms with Gasteiger partial charge in [-0.25, -0.2) is 0 Å². The normalized spacial score (nSPS) is 22.1. The first-order valence-corrected chi connectivity index (χ1v) is 16.5. The van der Waals surface area contributed by atoms with Crippen LogP contribution in [-0.4, -0.2) is 63.3 Å². The van der Waals surface area contributed by atoms with Crippen molar-refractivity contribution in [3.8, 4) is 0 Å². The van der Waals surface area contributed by atoms with Crippen molar-refractivity contribution in [3.05, 3.63) is 22.3 Å². The van der Waals surface area contributed by atoms with Crippen LogP contribution in [0.1, 0.15) is 132 Å². The van der Waals surface area contributed by atoms with E-state index in [1.807, 2.05) is 0 Å². The quantitative estimate of drug-likeness (QED) is 0.112. The van der Waals surface area contributed by atoms with Crippen molar-refractivity contribution in [2.75, 3.05) is 54.4 Å². The molecule has 0 saturated carbocycles. The molecule has 2 aliphatic carbocycles. The molecular formula is C36H70N2+2. The monoisotopic (exact) mass is 531 g/mol. The molecule has 2 rings (SSSR count). The molecule has 0 aromatic rings. The molecule has 2 aliphatic rings. The van der Waals surface area contributed by atoms with Gasteiger partial charge in [0.25, 0.3) is 0 Å². The smallest absolute Gasteiger partial charge is 0.0808 e. The number of hydrogen-bond donors (Lipinski definition) is 0. The molecular weight excluding hydrogens is 460 g/mol. The summed E-state index contributed by atoms with van der Waals surface area (Å²) < 4.78 is 2.35. The maximum Gasteiger partial charge on any atom is 0.0808 e. The lowest BCUT2D eigenvalue weighted by atomic mass is 9.71. The topological polar surface area (TPSA) is 0 Å². The second kappa shape index (κ2) is 13.8. The summed E-state index contributed by atoms with van der Waals surface area (Å²) in [4.78, 5) is 0. The summed E-state index contributed by atoms with van der Waals surface area (Å²) in [5.41, 5.74) is 7.81. The van der Waals surface area contributed by atoms with Gasteiger partial charge in [-0.15, -0.1) is 0 Å². The molecule has 0 N–H and O–H groups in total. The molecule has 0 saturated heterocycles. The first-order chi connectivity index (χ1) is 17.4. The van der Waals surface area contributed by atoms with E-state index in [1.165, 1.54) is 112 Å². The Morgan fingerprint density at radius 1 is 0.632 bits per heavy atom. The molecule has 0 aliphatic heterocycles. The summed E-state index contributed by atoms with van der Waals surface area (Å²) in [6, 6.07) is 0. The molecule has 2 heteroatoms. The Balaban J connectivity index is 1.71. The van der Waals surface area contributed by atoms with E-state index in [4.69, 9.17) is 0 Å². The van der Waals surface area contributed by atoms with Gasteiger partial charge in [0.05, 0.1) is 54.4 Å². The molecule has 0 radical (unpaired) electrons. The maximum absolute atomic E-state index is 2.50. The summed E-state index contributed by atoms with van der Waals surface area (Å²) in [5.74, 6) is 1.59. The van der Waals surface area contributed by atoms with E-state index in [1.54, 1.807) is 22.3 Å². The lowest BCUT2D eigenvalue weighted by molar-refractivity contribution is -0.900. The highest BCUT2D eigenvalue weighted by molar-refractivity contribution is 5.23. The minimum atomic E-state index is 0.428. The zero-order valence-corrected chi connectivity index (χ0v) is 28.4. The summed E-state index contributed by atoms with van der Waals surface area (Å²) >= 11 is 0. The zero-order chi connectivity index (χ0) is 28.8. The van der Waals surface area contributed by atoms with Crippen LogP contribution in [0.25, 0.3) is 0 Å². The third-order valence-corrected chi connectivity index (χ3v) is 10.5. The SMILES string of the molecule is CC1=C(CCC(C)C[N+](C)(C)CCCC[N+](C)(C)CC(C)CCC2=C(C)CCCC2(C)C)C(C)(C)CCC1. The molecule has 0 spiro atoms. The van der Waals surface area contributed by atoms with E-state index in [2.05, 4.69) is 83.6 Å². The Kier molecular flexibility index (Phi) is 12.2. The van der Waals surface area contributed by atoms with Crippen LogP contribution in [0.4, 0.5) is 0 Å². The van der Waals surface area contributed by atoms with Gasteiger partial charge in [-0.05, 0) is 88.9 Å². The lowest BCUT2D eigenvalue weighted by Crippen LogP contribution is -2.46. The van der Waals surface area contributed by atoms with Gasteiger partial charge in [-0.2, -0.15) is 0 Å². The number of nitrogens with zero attached hydrogens (tertiary/aromatic N) is 2. The first kappa shape index (κ1) is 33.6. The minimum Gasteiger partial charge on any atom is -0.328 e. The number of hydrogen-bond acceptors (Lipinski definition) is 0. The van der Waals surface area contributed by atoms with Crippen LogP contribution < -0.4 is 0 Å². The fourth-order valence-corrected chi connectivity index (χ4v) is 8.37. The molecule has 2 unspecified atom stereocenters. The van der Waals surface area contributed by atoms with Crippen molar-refractivity contribution in [2.45, 2.75) is 132 Å².